The molecule has 0 saturated heterocycles. The highest BCUT2D eigenvalue weighted by Crippen LogP contribution is 2.21. The van der Waals surface area contributed by atoms with Crippen LogP contribution in [-0.4, -0.2) is 11.1 Å². The van der Waals surface area contributed by atoms with E-state index in [1.807, 2.05) is 6.07 Å². The summed E-state index contributed by atoms with van der Waals surface area (Å²) in [6.45, 7) is 1.68. The first-order valence-electron chi connectivity index (χ1n) is 4.17. The van der Waals surface area contributed by atoms with Crippen LogP contribution < -0.4 is 0 Å². The Labute approximate surface area is 96.0 Å². The molecule has 1 aromatic rings. The molecule has 1 atom stereocenters. The Bertz CT molecular complexity index is 332. The van der Waals surface area contributed by atoms with Gasteiger partial charge in [-0.15, -0.1) is 0 Å². The smallest absolute Gasteiger partial charge is 0.306 e. The number of aliphatic carboxylic acids is 1. The van der Waals surface area contributed by atoms with Crippen LogP contribution in [0.15, 0.2) is 22.7 Å². The molecule has 0 fully saturated rings. The third kappa shape index (κ3) is 3.31. The van der Waals surface area contributed by atoms with Gasteiger partial charge >= 0.3 is 5.97 Å². The van der Waals surface area contributed by atoms with Gasteiger partial charge in [-0.2, -0.15) is 0 Å². The van der Waals surface area contributed by atoms with E-state index in [1.54, 1.807) is 19.1 Å². The molecular weight excluding hydrogens is 267 g/mol. The lowest BCUT2D eigenvalue weighted by Gasteiger charge is -2.06. The van der Waals surface area contributed by atoms with Crippen LogP contribution in [-0.2, 0) is 11.2 Å². The van der Waals surface area contributed by atoms with E-state index < -0.39 is 5.97 Å². The molecule has 2 nitrogen and oxygen atoms in total. The fraction of sp³-hybridized carbons (Fsp3) is 0.300. The van der Waals surface area contributed by atoms with Crippen molar-refractivity contribution in [1.82, 2.24) is 0 Å². The predicted octanol–water partition coefficient (Wildman–Crippen LogP) is 3.37. The van der Waals surface area contributed by atoms with Gasteiger partial charge in [0.2, 0.25) is 0 Å². The maximum atomic E-state index is 10.6. The third-order valence-corrected chi connectivity index (χ3v) is 2.56. The molecule has 0 saturated carbocycles. The highest BCUT2D eigenvalue weighted by Gasteiger charge is 2.11. The van der Waals surface area contributed by atoms with E-state index in [-0.39, 0.29) is 5.92 Å². The first-order chi connectivity index (χ1) is 6.49. The molecule has 0 aliphatic heterocycles. The summed E-state index contributed by atoms with van der Waals surface area (Å²) in [6.07, 6.45) is 0.495. The Kier molecular flexibility index (Phi) is 3.96. The van der Waals surface area contributed by atoms with Crippen LogP contribution in [0.4, 0.5) is 0 Å². The second-order valence-electron chi connectivity index (χ2n) is 3.22. The van der Waals surface area contributed by atoms with E-state index in [0.29, 0.717) is 11.4 Å². The minimum atomic E-state index is -0.791. The van der Waals surface area contributed by atoms with Gasteiger partial charge in [-0.05, 0) is 30.2 Å². The SMILES string of the molecule is CC(Cc1cc(Cl)cc(Br)c1)C(=O)O. The summed E-state index contributed by atoms with van der Waals surface area (Å²) in [4.78, 5) is 10.6. The minimum absolute atomic E-state index is 0.389. The molecule has 1 rings (SSSR count). The maximum Gasteiger partial charge on any atom is 0.306 e. The van der Waals surface area contributed by atoms with Gasteiger partial charge in [-0.3, -0.25) is 4.79 Å². The van der Waals surface area contributed by atoms with Gasteiger partial charge in [0.05, 0.1) is 5.92 Å². The van der Waals surface area contributed by atoms with Crippen LogP contribution in [0.25, 0.3) is 0 Å². The van der Waals surface area contributed by atoms with Gasteiger partial charge in [-0.25, -0.2) is 0 Å². The van der Waals surface area contributed by atoms with E-state index in [2.05, 4.69) is 15.9 Å². The Hall–Kier alpha value is -0.540. The highest BCUT2D eigenvalue weighted by molar-refractivity contribution is 9.10. The Morgan fingerprint density at radius 3 is 2.71 bits per heavy atom. The third-order valence-electron chi connectivity index (χ3n) is 1.89. The zero-order valence-electron chi connectivity index (χ0n) is 7.63. The molecule has 0 radical (unpaired) electrons. The molecule has 0 heterocycles. The van der Waals surface area contributed by atoms with Gasteiger partial charge in [0.25, 0.3) is 0 Å². The summed E-state index contributed by atoms with van der Waals surface area (Å²) in [5, 5.41) is 9.35. The first kappa shape index (κ1) is 11.5. The number of halogens is 2. The van der Waals surface area contributed by atoms with Crippen molar-refractivity contribution < 1.29 is 9.90 Å². The molecule has 0 spiro atoms. The molecule has 1 aromatic carbocycles. The number of hydrogen-bond acceptors (Lipinski definition) is 1. The topological polar surface area (TPSA) is 37.3 Å². The molecule has 0 aliphatic carbocycles. The lowest BCUT2D eigenvalue weighted by atomic mass is 10.0. The quantitative estimate of drug-likeness (QED) is 0.920. The second kappa shape index (κ2) is 4.80. The lowest BCUT2D eigenvalue weighted by Crippen LogP contribution is -2.12. The number of rotatable bonds is 3. The van der Waals surface area contributed by atoms with Crippen molar-refractivity contribution in [2.75, 3.05) is 0 Å². The highest BCUT2D eigenvalue weighted by atomic mass is 79.9. The summed E-state index contributed by atoms with van der Waals surface area (Å²) in [7, 11) is 0. The molecule has 0 bridgehead atoms. The Morgan fingerprint density at radius 2 is 2.21 bits per heavy atom. The number of carbonyl (C=O) groups is 1. The van der Waals surface area contributed by atoms with Crippen molar-refractivity contribution in [2.45, 2.75) is 13.3 Å². The molecule has 1 N–H and O–H groups in total. The Balaban J connectivity index is 2.81. The van der Waals surface area contributed by atoms with E-state index in [0.717, 1.165) is 10.0 Å². The molecular formula is C10H10BrClO2. The van der Waals surface area contributed by atoms with Crippen molar-refractivity contribution in [1.29, 1.82) is 0 Å². The fourth-order valence-corrected chi connectivity index (χ4v) is 2.10. The van der Waals surface area contributed by atoms with Crippen molar-refractivity contribution in [3.63, 3.8) is 0 Å². The van der Waals surface area contributed by atoms with E-state index in [1.165, 1.54) is 0 Å². The van der Waals surface area contributed by atoms with Crippen molar-refractivity contribution in [3.8, 4) is 0 Å². The fourth-order valence-electron chi connectivity index (χ4n) is 1.17. The van der Waals surface area contributed by atoms with Crippen molar-refractivity contribution in [2.24, 2.45) is 5.92 Å². The van der Waals surface area contributed by atoms with E-state index in [4.69, 9.17) is 16.7 Å². The maximum absolute atomic E-state index is 10.6. The molecule has 0 aromatic heterocycles. The molecule has 4 heteroatoms. The second-order valence-corrected chi connectivity index (χ2v) is 4.57. The Morgan fingerprint density at radius 1 is 1.57 bits per heavy atom. The standard InChI is InChI=1S/C10H10BrClO2/c1-6(10(13)14)2-7-3-8(11)5-9(12)4-7/h3-6H,2H2,1H3,(H,13,14). The van der Waals surface area contributed by atoms with Gasteiger partial charge in [0.15, 0.2) is 0 Å². The average molecular weight is 278 g/mol. The minimum Gasteiger partial charge on any atom is -0.481 e. The lowest BCUT2D eigenvalue weighted by molar-refractivity contribution is -0.141. The molecule has 14 heavy (non-hydrogen) atoms. The zero-order valence-corrected chi connectivity index (χ0v) is 9.97. The predicted molar refractivity (Wildman–Crippen MR) is 59.7 cm³/mol. The molecule has 76 valence electrons. The van der Waals surface area contributed by atoms with Crippen molar-refractivity contribution in [3.05, 3.63) is 33.3 Å². The van der Waals surface area contributed by atoms with Gasteiger partial charge in [0, 0.05) is 9.50 Å². The van der Waals surface area contributed by atoms with Crippen LogP contribution >= 0.6 is 27.5 Å². The van der Waals surface area contributed by atoms with Gasteiger partial charge in [0.1, 0.15) is 0 Å². The summed E-state index contributed by atoms with van der Waals surface area (Å²) in [5.74, 6) is -1.18. The largest absolute Gasteiger partial charge is 0.481 e. The number of carboxylic acid groups (broad SMARTS) is 1. The number of carboxylic acids is 1. The zero-order chi connectivity index (χ0) is 10.7. The monoisotopic (exact) mass is 276 g/mol. The van der Waals surface area contributed by atoms with Crippen molar-refractivity contribution >= 4 is 33.5 Å². The summed E-state index contributed by atoms with van der Waals surface area (Å²) in [6, 6.07) is 5.44. The molecule has 0 aliphatic rings. The molecule has 1 unspecified atom stereocenters. The van der Waals surface area contributed by atoms with Crippen LogP contribution in [0.3, 0.4) is 0 Å². The number of hydrogen-bond donors (Lipinski definition) is 1. The normalized spacial score (nSPS) is 12.5. The first-order valence-corrected chi connectivity index (χ1v) is 5.34. The van der Waals surface area contributed by atoms with E-state index in [9.17, 15) is 4.79 Å². The van der Waals surface area contributed by atoms with Gasteiger partial charge in [-0.1, -0.05) is 34.5 Å². The van der Waals surface area contributed by atoms with Crippen LogP contribution in [0.2, 0.25) is 5.02 Å². The summed E-state index contributed by atoms with van der Waals surface area (Å²) in [5.41, 5.74) is 0.930. The average Bonchev–Trinajstić information content (AvgIpc) is 2.01. The summed E-state index contributed by atoms with van der Waals surface area (Å²) >= 11 is 9.14. The molecule has 0 amide bonds. The van der Waals surface area contributed by atoms with Gasteiger partial charge < -0.3 is 5.11 Å². The van der Waals surface area contributed by atoms with E-state index >= 15 is 0 Å². The van der Waals surface area contributed by atoms with Crippen LogP contribution in [0.5, 0.6) is 0 Å². The van der Waals surface area contributed by atoms with Crippen LogP contribution in [0.1, 0.15) is 12.5 Å². The summed E-state index contributed by atoms with van der Waals surface area (Å²) < 4.78 is 0.873. The van der Waals surface area contributed by atoms with Crippen LogP contribution in [0, 0.1) is 5.92 Å². The number of benzene rings is 1.